The van der Waals surface area contributed by atoms with E-state index in [1.165, 1.54) is 42.2 Å². The van der Waals surface area contributed by atoms with E-state index < -0.39 is 40.2 Å². The number of aryl methyl sites for hydroxylation is 1. The third-order valence-corrected chi connectivity index (χ3v) is 8.38. The summed E-state index contributed by atoms with van der Waals surface area (Å²) in [6, 6.07) is 15.1. The first kappa shape index (κ1) is 29.4. The smallest absolute Gasteiger partial charge is 0.264 e. The molecular formula is C27H28Cl2FN3O4S. The third-order valence-electron chi connectivity index (χ3n) is 5.86. The highest BCUT2D eigenvalue weighted by molar-refractivity contribution is 7.92. The van der Waals surface area contributed by atoms with E-state index in [1.807, 2.05) is 0 Å². The molecule has 0 aliphatic heterocycles. The molecule has 3 rings (SSSR count). The molecule has 0 aromatic heterocycles. The molecule has 0 aliphatic carbocycles. The van der Waals surface area contributed by atoms with Crippen molar-refractivity contribution in [1.82, 2.24) is 10.2 Å². The van der Waals surface area contributed by atoms with E-state index >= 15 is 0 Å². The van der Waals surface area contributed by atoms with Crippen LogP contribution in [0.3, 0.4) is 0 Å². The lowest BCUT2D eigenvalue weighted by molar-refractivity contribution is -0.139. The summed E-state index contributed by atoms with van der Waals surface area (Å²) in [5.41, 5.74) is 1.12. The first-order valence-electron chi connectivity index (χ1n) is 11.8. The Balaban J connectivity index is 2.05. The van der Waals surface area contributed by atoms with Crippen molar-refractivity contribution in [2.75, 3.05) is 17.4 Å². The van der Waals surface area contributed by atoms with Crippen LogP contribution in [0.15, 0.2) is 71.6 Å². The largest absolute Gasteiger partial charge is 0.355 e. The fourth-order valence-electron chi connectivity index (χ4n) is 3.74. The molecule has 0 fully saturated rings. The lowest BCUT2D eigenvalue weighted by Gasteiger charge is -2.32. The van der Waals surface area contributed by atoms with Crippen LogP contribution in [0.5, 0.6) is 0 Å². The molecule has 1 N–H and O–H groups in total. The van der Waals surface area contributed by atoms with Gasteiger partial charge in [-0.25, -0.2) is 12.8 Å². The highest BCUT2D eigenvalue weighted by Gasteiger charge is 2.33. The van der Waals surface area contributed by atoms with Gasteiger partial charge in [-0.2, -0.15) is 0 Å². The monoisotopic (exact) mass is 579 g/mol. The van der Waals surface area contributed by atoms with Gasteiger partial charge in [0.1, 0.15) is 18.4 Å². The number of benzene rings is 3. The molecule has 1 atom stereocenters. The Morgan fingerprint density at radius 3 is 2.26 bits per heavy atom. The zero-order chi connectivity index (χ0) is 28.0. The molecule has 7 nitrogen and oxygen atoms in total. The molecule has 3 aromatic rings. The average Bonchev–Trinajstić information content (AvgIpc) is 2.88. The molecular weight excluding hydrogens is 552 g/mol. The number of sulfonamides is 1. The molecule has 0 aliphatic rings. The van der Waals surface area contributed by atoms with Crippen LogP contribution in [0, 0.1) is 12.7 Å². The molecule has 202 valence electrons. The molecule has 0 spiro atoms. The van der Waals surface area contributed by atoms with Gasteiger partial charge in [0.15, 0.2) is 0 Å². The van der Waals surface area contributed by atoms with Gasteiger partial charge in [0.05, 0.1) is 20.6 Å². The predicted octanol–water partition coefficient (Wildman–Crippen LogP) is 5.19. The van der Waals surface area contributed by atoms with Crippen LogP contribution in [-0.4, -0.2) is 44.3 Å². The average molecular weight is 581 g/mol. The van der Waals surface area contributed by atoms with Crippen LogP contribution < -0.4 is 9.62 Å². The van der Waals surface area contributed by atoms with Gasteiger partial charge in [-0.05, 0) is 62.7 Å². The van der Waals surface area contributed by atoms with E-state index in [-0.39, 0.29) is 22.2 Å². The number of likely N-dealkylation sites (N-methyl/N-ethyl adjacent to an activating group) is 1. The van der Waals surface area contributed by atoms with Crippen LogP contribution in [0.2, 0.25) is 10.0 Å². The van der Waals surface area contributed by atoms with Gasteiger partial charge >= 0.3 is 0 Å². The predicted molar refractivity (Wildman–Crippen MR) is 147 cm³/mol. The third kappa shape index (κ3) is 6.83. The van der Waals surface area contributed by atoms with Crippen molar-refractivity contribution in [2.45, 2.75) is 38.3 Å². The molecule has 0 radical (unpaired) electrons. The van der Waals surface area contributed by atoms with E-state index in [9.17, 15) is 22.4 Å². The molecule has 0 saturated carbocycles. The molecule has 0 heterocycles. The number of hydrogen-bond donors (Lipinski definition) is 1. The summed E-state index contributed by atoms with van der Waals surface area (Å²) in [5, 5.41) is 3.25. The number of para-hydroxylation sites is 1. The number of amides is 2. The van der Waals surface area contributed by atoms with E-state index in [4.69, 9.17) is 23.2 Å². The van der Waals surface area contributed by atoms with Crippen LogP contribution in [0.25, 0.3) is 0 Å². The Kier molecular flexibility index (Phi) is 9.76. The maximum absolute atomic E-state index is 14.9. The van der Waals surface area contributed by atoms with Crippen molar-refractivity contribution in [3.8, 4) is 0 Å². The second-order valence-electron chi connectivity index (χ2n) is 8.62. The molecule has 0 saturated heterocycles. The number of halogens is 3. The SMILES string of the molecule is CCNC(=O)[C@H](C)N(Cc1ccc(Cl)c(Cl)c1)C(=O)CN(c1ccccc1F)S(=O)(=O)c1ccc(C)cc1. The van der Waals surface area contributed by atoms with E-state index in [0.29, 0.717) is 17.1 Å². The van der Waals surface area contributed by atoms with Crippen LogP contribution >= 0.6 is 23.2 Å². The second kappa shape index (κ2) is 12.6. The van der Waals surface area contributed by atoms with E-state index in [0.717, 1.165) is 15.9 Å². The number of carbonyl (C=O) groups is 2. The quantitative estimate of drug-likeness (QED) is 0.358. The summed E-state index contributed by atoms with van der Waals surface area (Å²) in [7, 11) is -4.36. The first-order chi connectivity index (χ1) is 17.9. The maximum atomic E-state index is 14.9. The summed E-state index contributed by atoms with van der Waals surface area (Å²) in [6.45, 7) is 4.59. The zero-order valence-electron chi connectivity index (χ0n) is 21.1. The van der Waals surface area contributed by atoms with Gasteiger partial charge in [0.25, 0.3) is 10.0 Å². The topological polar surface area (TPSA) is 86.8 Å². The Hall–Kier alpha value is -3.14. The minimum Gasteiger partial charge on any atom is -0.355 e. The fraction of sp³-hybridized carbons (Fsp3) is 0.259. The van der Waals surface area contributed by atoms with Crippen molar-refractivity contribution in [3.63, 3.8) is 0 Å². The molecule has 0 bridgehead atoms. The minimum atomic E-state index is -4.36. The zero-order valence-corrected chi connectivity index (χ0v) is 23.4. The first-order valence-corrected chi connectivity index (χ1v) is 14.0. The van der Waals surface area contributed by atoms with Crippen molar-refractivity contribution in [2.24, 2.45) is 0 Å². The molecule has 2 amide bonds. The Labute approximate surface area is 232 Å². The minimum absolute atomic E-state index is 0.0658. The highest BCUT2D eigenvalue weighted by Crippen LogP contribution is 2.28. The number of hydrogen-bond acceptors (Lipinski definition) is 4. The second-order valence-corrected chi connectivity index (χ2v) is 11.3. The van der Waals surface area contributed by atoms with E-state index in [1.54, 1.807) is 44.2 Å². The maximum Gasteiger partial charge on any atom is 0.264 e. The number of nitrogens with zero attached hydrogens (tertiary/aromatic N) is 2. The molecule has 11 heteroatoms. The summed E-state index contributed by atoms with van der Waals surface area (Å²) < 4.78 is 43.0. The van der Waals surface area contributed by atoms with Gasteiger partial charge in [0.2, 0.25) is 11.8 Å². The molecule has 0 unspecified atom stereocenters. The number of rotatable bonds is 10. The van der Waals surface area contributed by atoms with Crippen LogP contribution in [0.1, 0.15) is 25.0 Å². The van der Waals surface area contributed by atoms with Crippen molar-refractivity contribution >= 4 is 50.7 Å². The highest BCUT2D eigenvalue weighted by atomic mass is 35.5. The summed E-state index contributed by atoms with van der Waals surface area (Å²) in [4.78, 5) is 27.6. The van der Waals surface area contributed by atoms with Crippen molar-refractivity contribution in [1.29, 1.82) is 0 Å². The number of anilines is 1. The standard InChI is InChI=1S/C27H28Cl2FN3O4S/c1-4-31-27(35)19(3)32(16-20-11-14-22(28)23(29)15-20)26(34)17-33(25-8-6-5-7-24(25)30)38(36,37)21-12-9-18(2)10-13-21/h5-15,19H,4,16-17H2,1-3H3,(H,31,35)/t19-/m0/s1. The lowest BCUT2D eigenvalue weighted by Crippen LogP contribution is -2.51. The van der Waals surface area contributed by atoms with Crippen LogP contribution in [0.4, 0.5) is 10.1 Å². The fourth-order valence-corrected chi connectivity index (χ4v) is 5.49. The van der Waals surface area contributed by atoms with Gasteiger partial charge < -0.3 is 10.2 Å². The number of carbonyl (C=O) groups excluding carboxylic acids is 2. The summed E-state index contributed by atoms with van der Waals surface area (Å²) in [5.74, 6) is -1.96. The summed E-state index contributed by atoms with van der Waals surface area (Å²) in [6.07, 6.45) is 0. The van der Waals surface area contributed by atoms with Crippen molar-refractivity contribution < 1.29 is 22.4 Å². The van der Waals surface area contributed by atoms with Gasteiger partial charge in [0, 0.05) is 13.1 Å². The normalized spacial score (nSPS) is 12.1. The van der Waals surface area contributed by atoms with Crippen LogP contribution in [-0.2, 0) is 26.2 Å². The van der Waals surface area contributed by atoms with Crippen molar-refractivity contribution in [3.05, 3.63) is 93.7 Å². The van der Waals surface area contributed by atoms with Gasteiger partial charge in [-0.3, -0.25) is 13.9 Å². The Morgan fingerprint density at radius 2 is 1.66 bits per heavy atom. The van der Waals surface area contributed by atoms with Gasteiger partial charge in [-0.1, -0.05) is 59.1 Å². The van der Waals surface area contributed by atoms with Gasteiger partial charge in [-0.15, -0.1) is 0 Å². The number of nitrogens with one attached hydrogen (secondary N) is 1. The Bertz CT molecular complexity index is 1420. The summed E-state index contributed by atoms with van der Waals surface area (Å²) >= 11 is 12.2. The van der Waals surface area contributed by atoms with E-state index in [2.05, 4.69) is 5.32 Å². The molecule has 38 heavy (non-hydrogen) atoms. The molecule has 3 aromatic carbocycles. The Morgan fingerprint density at radius 1 is 1.00 bits per heavy atom. The lowest BCUT2D eigenvalue weighted by atomic mass is 10.1.